The van der Waals surface area contributed by atoms with Crippen LogP contribution in [0.15, 0.2) is 10.5 Å². The summed E-state index contributed by atoms with van der Waals surface area (Å²) in [5.74, 6) is 1.72. The van der Waals surface area contributed by atoms with Crippen LogP contribution in [-0.4, -0.2) is 26.3 Å². The molecule has 0 aliphatic heterocycles. The summed E-state index contributed by atoms with van der Waals surface area (Å²) >= 11 is 3.39. The first-order valence-electron chi connectivity index (χ1n) is 6.59. The molecule has 0 saturated carbocycles. The molecular weight excluding hydrogens is 290 g/mol. The number of nitrogens with two attached hydrogens (primary N) is 1. The van der Waals surface area contributed by atoms with E-state index in [1.807, 2.05) is 6.92 Å². The van der Waals surface area contributed by atoms with E-state index in [9.17, 15) is 0 Å². The highest BCUT2D eigenvalue weighted by Gasteiger charge is 2.18. The van der Waals surface area contributed by atoms with Crippen molar-refractivity contribution >= 4 is 23.1 Å². The number of hydrogen-bond acceptors (Lipinski definition) is 6. The van der Waals surface area contributed by atoms with E-state index in [0.717, 1.165) is 29.0 Å². The normalized spacial score (nSPS) is 12.1. The third-order valence-electron chi connectivity index (χ3n) is 2.80. The van der Waals surface area contributed by atoms with E-state index >= 15 is 0 Å². The topological polar surface area (TPSA) is 69.6 Å². The first-order chi connectivity index (χ1) is 9.41. The van der Waals surface area contributed by atoms with Gasteiger partial charge in [-0.2, -0.15) is 0 Å². The van der Waals surface area contributed by atoms with Crippen molar-refractivity contribution in [2.75, 3.05) is 6.54 Å². The summed E-state index contributed by atoms with van der Waals surface area (Å²) in [5.41, 5.74) is 6.84. The lowest BCUT2D eigenvalue weighted by molar-refractivity contribution is 0.584. The second-order valence-electron chi connectivity index (χ2n) is 5.65. The number of aromatic nitrogens is 4. The monoisotopic (exact) mass is 311 g/mol. The zero-order chi connectivity index (χ0) is 14.8. The van der Waals surface area contributed by atoms with Gasteiger partial charge in [-0.05, 0) is 6.92 Å². The molecule has 0 unspecified atom stereocenters. The molecule has 0 aliphatic rings. The maximum atomic E-state index is 5.62. The van der Waals surface area contributed by atoms with Crippen LogP contribution in [0.3, 0.4) is 0 Å². The molecule has 2 aromatic rings. The third kappa shape index (κ3) is 3.59. The predicted molar refractivity (Wildman–Crippen MR) is 84.2 cm³/mol. The molecule has 7 heteroatoms. The van der Waals surface area contributed by atoms with Crippen LogP contribution in [0, 0.1) is 6.92 Å². The molecule has 0 atom stereocenters. The van der Waals surface area contributed by atoms with Crippen molar-refractivity contribution in [1.82, 2.24) is 19.7 Å². The van der Waals surface area contributed by atoms with Crippen LogP contribution in [0.5, 0.6) is 0 Å². The fourth-order valence-electron chi connectivity index (χ4n) is 1.71. The van der Waals surface area contributed by atoms with Gasteiger partial charge in [-0.3, -0.25) is 0 Å². The number of thiazole rings is 1. The molecule has 2 N–H and O–H groups in total. The number of nitrogens with zero attached hydrogens (tertiary/aromatic N) is 4. The predicted octanol–water partition coefficient (Wildman–Crippen LogP) is 2.59. The second-order valence-corrected chi connectivity index (χ2v) is 7.45. The second kappa shape index (κ2) is 6.24. The number of thioether (sulfide) groups is 1. The number of rotatable bonds is 5. The van der Waals surface area contributed by atoms with Gasteiger partial charge in [0, 0.05) is 29.6 Å². The molecule has 0 radical (unpaired) electrons. The Morgan fingerprint density at radius 1 is 1.35 bits per heavy atom. The molecule has 2 heterocycles. The number of hydrogen-bond donors (Lipinski definition) is 1. The summed E-state index contributed by atoms with van der Waals surface area (Å²) in [6.45, 7) is 9.86. The molecule has 2 aromatic heterocycles. The van der Waals surface area contributed by atoms with Crippen LogP contribution in [0.1, 0.15) is 37.3 Å². The highest BCUT2D eigenvalue weighted by atomic mass is 32.2. The Bertz CT molecular complexity index is 568. The van der Waals surface area contributed by atoms with Crippen molar-refractivity contribution in [2.45, 2.75) is 50.6 Å². The molecule has 0 saturated heterocycles. The van der Waals surface area contributed by atoms with E-state index in [1.165, 1.54) is 5.01 Å². The van der Waals surface area contributed by atoms with Gasteiger partial charge in [0.1, 0.15) is 5.82 Å². The summed E-state index contributed by atoms with van der Waals surface area (Å²) < 4.78 is 2.06. The van der Waals surface area contributed by atoms with Gasteiger partial charge < -0.3 is 10.3 Å². The standard InChI is InChI=1S/C13H21N5S2/c1-9-16-17-12(18(9)6-5-14)20-8-10-7-19-11(15-10)13(2,3)4/h7H,5-6,8,14H2,1-4H3. The summed E-state index contributed by atoms with van der Waals surface area (Å²) in [4.78, 5) is 4.69. The maximum Gasteiger partial charge on any atom is 0.191 e. The smallest absolute Gasteiger partial charge is 0.191 e. The van der Waals surface area contributed by atoms with E-state index < -0.39 is 0 Å². The average Bonchev–Trinajstić information content (AvgIpc) is 2.96. The minimum Gasteiger partial charge on any atom is -0.329 e. The molecule has 20 heavy (non-hydrogen) atoms. The molecule has 0 aliphatic carbocycles. The lowest BCUT2D eigenvalue weighted by Gasteiger charge is -2.13. The van der Waals surface area contributed by atoms with Gasteiger partial charge in [0.15, 0.2) is 5.16 Å². The summed E-state index contributed by atoms with van der Waals surface area (Å²) in [6.07, 6.45) is 0. The Balaban J connectivity index is 2.04. The van der Waals surface area contributed by atoms with Crippen LogP contribution in [0.2, 0.25) is 0 Å². The quantitative estimate of drug-likeness (QED) is 0.860. The minimum absolute atomic E-state index is 0.115. The largest absolute Gasteiger partial charge is 0.329 e. The van der Waals surface area contributed by atoms with Crippen LogP contribution >= 0.6 is 23.1 Å². The molecular formula is C13H21N5S2. The Labute approximate surface area is 128 Å². The molecule has 5 nitrogen and oxygen atoms in total. The first kappa shape index (κ1) is 15.5. The third-order valence-corrected chi connectivity index (χ3v) is 5.11. The SMILES string of the molecule is Cc1nnc(SCc2csc(C(C)(C)C)n2)n1CCN. The van der Waals surface area contributed by atoms with Crippen molar-refractivity contribution in [3.63, 3.8) is 0 Å². The lowest BCUT2D eigenvalue weighted by atomic mass is 9.98. The Morgan fingerprint density at radius 2 is 2.10 bits per heavy atom. The van der Waals surface area contributed by atoms with Crippen LogP contribution in [0.4, 0.5) is 0 Å². The van der Waals surface area contributed by atoms with Gasteiger partial charge in [-0.15, -0.1) is 21.5 Å². The summed E-state index contributed by atoms with van der Waals surface area (Å²) in [7, 11) is 0. The fourth-order valence-corrected chi connectivity index (χ4v) is 3.63. The van der Waals surface area contributed by atoms with Crippen molar-refractivity contribution < 1.29 is 0 Å². The highest BCUT2D eigenvalue weighted by molar-refractivity contribution is 7.98. The van der Waals surface area contributed by atoms with Gasteiger partial charge in [0.05, 0.1) is 10.7 Å². The minimum atomic E-state index is 0.115. The number of aryl methyl sites for hydroxylation is 1. The van der Waals surface area contributed by atoms with Crippen molar-refractivity contribution in [1.29, 1.82) is 0 Å². The molecule has 110 valence electrons. The molecule has 0 spiro atoms. The molecule has 0 bridgehead atoms. The summed E-state index contributed by atoms with van der Waals surface area (Å²) in [6, 6.07) is 0. The Kier molecular flexibility index (Phi) is 4.82. The van der Waals surface area contributed by atoms with Crippen molar-refractivity contribution in [2.24, 2.45) is 5.73 Å². The van der Waals surface area contributed by atoms with E-state index in [1.54, 1.807) is 23.1 Å². The summed E-state index contributed by atoms with van der Waals surface area (Å²) in [5, 5.41) is 12.5. The first-order valence-corrected chi connectivity index (χ1v) is 8.46. The van der Waals surface area contributed by atoms with E-state index in [-0.39, 0.29) is 5.41 Å². The van der Waals surface area contributed by atoms with Gasteiger partial charge in [0.2, 0.25) is 0 Å². The Morgan fingerprint density at radius 3 is 2.70 bits per heavy atom. The molecule has 0 fully saturated rings. The van der Waals surface area contributed by atoms with Gasteiger partial charge in [-0.1, -0.05) is 32.5 Å². The van der Waals surface area contributed by atoms with Crippen LogP contribution in [-0.2, 0) is 17.7 Å². The van der Waals surface area contributed by atoms with Crippen LogP contribution in [0.25, 0.3) is 0 Å². The molecule has 0 amide bonds. The van der Waals surface area contributed by atoms with Crippen molar-refractivity contribution in [3.05, 3.63) is 21.9 Å². The zero-order valence-corrected chi connectivity index (χ0v) is 14.0. The van der Waals surface area contributed by atoms with E-state index in [0.29, 0.717) is 6.54 Å². The highest BCUT2D eigenvalue weighted by Crippen LogP contribution is 2.28. The lowest BCUT2D eigenvalue weighted by Crippen LogP contribution is -2.12. The maximum absolute atomic E-state index is 5.62. The van der Waals surface area contributed by atoms with Crippen LogP contribution < -0.4 is 5.73 Å². The van der Waals surface area contributed by atoms with Gasteiger partial charge in [0.25, 0.3) is 0 Å². The van der Waals surface area contributed by atoms with Crippen molar-refractivity contribution in [3.8, 4) is 0 Å². The van der Waals surface area contributed by atoms with E-state index in [2.05, 4.69) is 40.9 Å². The average molecular weight is 311 g/mol. The fraction of sp³-hybridized carbons (Fsp3) is 0.615. The van der Waals surface area contributed by atoms with Gasteiger partial charge in [-0.25, -0.2) is 4.98 Å². The van der Waals surface area contributed by atoms with E-state index in [4.69, 9.17) is 10.7 Å². The molecule has 0 aromatic carbocycles. The van der Waals surface area contributed by atoms with Gasteiger partial charge >= 0.3 is 0 Å². The molecule has 2 rings (SSSR count). The Hall–Kier alpha value is -0.920. The zero-order valence-electron chi connectivity index (χ0n) is 12.4.